The predicted octanol–water partition coefficient (Wildman–Crippen LogP) is -0.163. The fraction of sp³-hybridized carbons (Fsp3) is 0. The first kappa shape index (κ1) is 22.2. The van der Waals surface area contributed by atoms with E-state index in [9.17, 15) is 35.0 Å². The number of rotatable bonds is 6. The Morgan fingerprint density at radius 3 is 0.875 bits per heavy atom. The van der Waals surface area contributed by atoms with Crippen LogP contribution >= 0.6 is 0 Å². The van der Waals surface area contributed by atoms with E-state index in [1.165, 1.54) is 0 Å². The van der Waals surface area contributed by atoms with Crippen LogP contribution in [0.2, 0.25) is 0 Å². The maximum atomic E-state index is 11.5. The van der Waals surface area contributed by atoms with Gasteiger partial charge in [-0.25, -0.2) is 16.8 Å². The minimum Gasteiger partial charge on any atom is -0.289 e. The highest BCUT2D eigenvalue weighted by Gasteiger charge is 2.28. The van der Waals surface area contributed by atoms with Crippen molar-refractivity contribution in [3.63, 3.8) is 0 Å². The Hall–Kier alpha value is 0.140. The van der Waals surface area contributed by atoms with Gasteiger partial charge in [-0.15, -0.1) is 0 Å². The van der Waals surface area contributed by atoms with E-state index in [-0.39, 0.29) is 7.42 Å². The molecule has 1 rings (SSSR count). The lowest BCUT2D eigenvalue weighted by molar-refractivity contribution is 0.543. The second-order valence-corrected chi connectivity index (χ2v) is 14.5. The molecule has 0 aliphatic heterocycles. The summed E-state index contributed by atoms with van der Waals surface area (Å²) >= 11 is 16.9. The fourth-order valence-electron chi connectivity index (χ4n) is 1.47. The summed E-state index contributed by atoms with van der Waals surface area (Å²) in [6, 6.07) is 3.59. The highest BCUT2D eigenvalue weighted by atomic mass is 32.9. The molecule has 0 saturated carbocycles. The van der Waals surface area contributed by atoms with Crippen LogP contribution in [0.25, 0.3) is 0 Å². The van der Waals surface area contributed by atoms with Gasteiger partial charge in [0.05, 0.1) is 11.4 Å². The number of hydrogen-bond acceptors (Lipinski definition) is 8. The molecule has 1 aromatic carbocycles. The summed E-state index contributed by atoms with van der Waals surface area (Å²) < 4.78 is 83.5. The van der Waals surface area contributed by atoms with E-state index in [1.807, 2.05) is 0 Å². The third-order valence-electron chi connectivity index (χ3n) is 2.11. The van der Waals surface area contributed by atoms with Gasteiger partial charge in [-0.3, -0.25) is 18.2 Å². The number of hydrogen-bond donors (Lipinski definition) is 4. The fourth-order valence-corrected chi connectivity index (χ4v) is 9.62. The largest absolute Gasteiger partial charge is 0.289 e. The zero-order valence-corrected chi connectivity index (χ0v) is 17.4. The standard InChI is InChI=1S/C6H8N2O8S8/c9-21(10,17)7(22(11,12)18)5-1-2-6(4-3-5)8(23(13,14)19)24(15,16)20/h1-4H,(H,9,10,17)(H,11,12,18)(H,13,14,19)(H,15,16,20). The van der Waals surface area contributed by atoms with Crippen molar-refractivity contribution < 1.29 is 35.0 Å². The summed E-state index contributed by atoms with van der Waals surface area (Å²) in [6.07, 6.45) is 0. The van der Waals surface area contributed by atoms with E-state index in [0.717, 1.165) is 24.3 Å². The number of benzene rings is 1. The van der Waals surface area contributed by atoms with Gasteiger partial charge in [0.25, 0.3) is 0 Å². The summed E-state index contributed by atoms with van der Waals surface area (Å²) in [5.74, 6) is 0. The Balaban J connectivity index is 3.56. The molecule has 138 valence electrons. The van der Waals surface area contributed by atoms with Gasteiger partial charge in [-0.05, 0) is 24.3 Å². The average Bonchev–Trinajstić information content (AvgIpc) is 2.23. The van der Waals surface area contributed by atoms with E-state index in [4.69, 9.17) is 0 Å². The molecule has 1 aromatic rings. The molecule has 0 heterocycles. The molecule has 4 N–H and O–H groups in total. The molecule has 0 aromatic heterocycles. The maximum absolute atomic E-state index is 11.5. The average molecular weight is 493 g/mol. The molecule has 18 heteroatoms. The van der Waals surface area contributed by atoms with Crippen LogP contribution in [-0.4, -0.2) is 35.0 Å². The van der Waals surface area contributed by atoms with E-state index < -0.39 is 47.2 Å². The van der Waals surface area contributed by atoms with E-state index >= 15 is 0 Å². The van der Waals surface area contributed by atoms with Gasteiger partial charge in [-0.1, -0.05) is 0 Å². The van der Waals surface area contributed by atoms with Crippen LogP contribution in [0.4, 0.5) is 11.4 Å². The first-order valence-corrected chi connectivity index (χ1v) is 14.7. The van der Waals surface area contributed by atoms with Crippen LogP contribution in [0.5, 0.6) is 0 Å². The Bertz CT molecular complexity index is 889. The zero-order valence-electron chi connectivity index (χ0n) is 10.9. The molecule has 0 saturated heterocycles. The molecule has 0 aliphatic rings. The summed E-state index contributed by atoms with van der Waals surface area (Å²) in [7, 11) is -17.6. The summed E-state index contributed by atoms with van der Waals surface area (Å²) in [4.78, 5) is 0. The first-order chi connectivity index (χ1) is 10.5. The third-order valence-corrected chi connectivity index (χ3v) is 9.98. The SMILES string of the molecule is O=S(O)(=S)N(c1ccc(N(S(=O)(O)=S)S(=O)(O)=S)cc1)S(=O)(O)=S. The topological polar surface area (TPSA) is 156 Å². The minimum atomic E-state index is -4.40. The number of anilines is 2. The third kappa shape index (κ3) is 5.57. The Morgan fingerprint density at radius 2 is 0.750 bits per heavy atom. The van der Waals surface area contributed by atoms with Gasteiger partial charge in [0.1, 0.15) is 0 Å². The van der Waals surface area contributed by atoms with Crippen LogP contribution in [0.3, 0.4) is 0 Å². The summed E-state index contributed by atoms with van der Waals surface area (Å²) in [6.45, 7) is 0. The van der Waals surface area contributed by atoms with Crippen molar-refractivity contribution in [2.75, 3.05) is 7.42 Å². The van der Waals surface area contributed by atoms with Gasteiger partial charge < -0.3 is 0 Å². The molecular weight excluding hydrogens is 485 g/mol. The van der Waals surface area contributed by atoms with Crippen molar-refractivity contribution in [1.82, 2.24) is 0 Å². The van der Waals surface area contributed by atoms with Crippen LogP contribution in [0, 0.1) is 0 Å². The first-order valence-electron chi connectivity index (χ1n) is 5.06. The minimum absolute atomic E-state index is 0.0212. The lowest BCUT2D eigenvalue weighted by atomic mass is 10.3. The summed E-state index contributed by atoms with van der Waals surface area (Å²) in [5.41, 5.74) is -0.794. The molecule has 4 unspecified atom stereocenters. The predicted molar refractivity (Wildman–Crippen MR) is 104 cm³/mol. The van der Waals surface area contributed by atoms with Gasteiger partial charge in [0.15, 0.2) is 0 Å². The van der Waals surface area contributed by atoms with Crippen molar-refractivity contribution in [2.24, 2.45) is 0 Å². The second-order valence-electron chi connectivity index (χ2n) is 3.82. The maximum Gasteiger partial charge on any atom is 0.245 e. The smallest absolute Gasteiger partial charge is 0.245 e. The lowest BCUT2D eigenvalue weighted by Crippen LogP contribution is -2.35. The highest BCUT2D eigenvalue weighted by Crippen LogP contribution is 2.27. The van der Waals surface area contributed by atoms with E-state index in [0.29, 0.717) is 0 Å². The molecule has 0 aliphatic carbocycles. The van der Waals surface area contributed by atoms with Crippen molar-refractivity contribution >= 4 is 92.0 Å². The quantitative estimate of drug-likeness (QED) is 0.417. The van der Waals surface area contributed by atoms with Crippen molar-refractivity contribution in [1.29, 1.82) is 0 Å². The van der Waals surface area contributed by atoms with Crippen molar-refractivity contribution in [2.45, 2.75) is 0 Å². The molecule has 10 nitrogen and oxygen atoms in total. The van der Waals surface area contributed by atoms with E-state index in [2.05, 4.69) is 44.8 Å². The van der Waals surface area contributed by atoms with Crippen LogP contribution in [0.1, 0.15) is 0 Å². The molecule has 0 bridgehead atoms. The van der Waals surface area contributed by atoms with E-state index in [1.54, 1.807) is 0 Å². The van der Waals surface area contributed by atoms with Crippen molar-refractivity contribution in [3.05, 3.63) is 24.3 Å². The lowest BCUT2D eigenvalue weighted by Gasteiger charge is -2.24. The normalized spacial score (nSPS) is 21.5. The van der Waals surface area contributed by atoms with Crippen LogP contribution in [-0.2, 0) is 80.6 Å². The molecule has 0 spiro atoms. The monoisotopic (exact) mass is 492 g/mol. The summed E-state index contributed by atoms with van der Waals surface area (Å²) in [5, 5.41) is 0. The van der Waals surface area contributed by atoms with Gasteiger partial charge >= 0.3 is 0 Å². The van der Waals surface area contributed by atoms with Crippen LogP contribution in [0.15, 0.2) is 24.3 Å². The zero-order chi connectivity index (χ0) is 19.1. The Morgan fingerprint density at radius 1 is 0.583 bits per heavy atom. The van der Waals surface area contributed by atoms with Gasteiger partial charge in [0.2, 0.25) is 35.8 Å². The molecule has 4 atom stereocenters. The molecule has 0 radical (unpaired) electrons. The molecule has 0 fully saturated rings. The highest BCUT2D eigenvalue weighted by molar-refractivity contribution is 8.42. The van der Waals surface area contributed by atoms with Gasteiger partial charge in [0, 0.05) is 44.8 Å². The van der Waals surface area contributed by atoms with Crippen molar-refractivity contribution in [3.8, 4) is 0 Å². The Labute approximate surface area is 157 Å². The molecular formula is C6H8N2O8S8. The van der Waals surface area contributed by atoms with Crippen LogP contribution < -0.4 is 7.42 Å². The Kier molecular flexibility index (Phi) is 6.51. The number of nitrogens with zero attached hydrogens (tertiary/aromatic N) is 2. The second kappa shape index (κ2) is 7.04. The molecule has 0 amide bonds. The molecule has 24 heavy (non-hydrogen) atoms. The van der Waals surface area contributed by atoms with Gasteiger partial charge in [-0.2, -0.15) is 7.42 Å².